The normalized spacial score (nSPS) is 15.7. The van der Waals surface area contributed by atoms with Crippen molar-refractivity contribution in [2.24, 2.45) is 17.8 Å². The van der Waals surface area contributed by atoms with Crippen molar-refractivity contribution in [3.63, 3.8) is 0 Å². The molecule has 1 atom stereocenters. The molecule has 1 fully saturated rings. The Labute approximate surface area is 185 Å². The van der Waals surface area contributed by atoms with E-state index in [4.69, 9.17) is 16.3 Å². The molecule has 29 heavy (non-hydrogen) atoms. The molecule has 7 heteroatoms. The Bertz CT molecular complexity index is 744. The van der Waals surface area contributed by atoms with E-state index in [9.17, 15) is 0 Å². The largest absolute Gasteiger partial charge is 0.378 e. The lowest BCUT2D eigenvalue weighted by atomic mass is 9.98. The number of hydrogen-bond acceptors (Lipinski definition) is 6. The average Bonchev–Trinajstić information content (AvgIpc) is 3.11. The summed E-state index contributed by atoms with van der Waals surface area (Å²) in [5.74, 6) is 3.33. The predicted molar refractivity (Wildman–Crippen MR) is 127 cm³/mol. The average molecular weight is 441 g/mol. The first-order valence-electron chi connectivity index (χ1n) is 10.8. The van der Waals surface area contributed by atoms with Crippen LogP contribution >= 0.6 is 22.9 Å². The molecule has 5 nitrogen and oxygen atoms in total. The van der Waals surface area contributed by atoms with E-state index >= 15 is 0 Å². The molecule has 1 aliphatic rings. The highest BCUT2D eigenvalue weighted by atomic mass is 35.5. The molecular weight excluding hydrogens is 404 g/mol. The second-order valence-corrected chi connectivity index (χ2v) is 9.94. The fourth-order valence-corrected chi connectivity index (χ4v) is 4.16. The third-order valence-corrected chi connectivity index (χ3v) is 6.63. The number of nitrogens with zero attached hydrogens (tertiary/aromatic N) is 3. The van der Waals surface area contributed by atoms with Crippen LogP contribution in [0.4, 0.5) is 5.82 Å². The van der Waals surface area contributed by atoms with Gasteiger partial charge in [0, 0.05) is 18.0 Å². The van der Waals surface area contributed by atoms with Gasteiger partial charge in [-0.3, -0.25) is 0 Å². The predicted octanol–water partition coefficient (Wildman–Crippen LogP) is 5.27. The molecule has 3 rings (SSSR count). The Hall–Kier alpha value is -0.950. The summed E-state index contributed by atoms with van der Waals surface area (Å²) in [7, 11) is 0. The number of thiophene rings is 1. The Morgan fingerprint density at radius 2 is 1.83 bits per heavy atom. The molecule has 2 aromatic heterocycles. The number of rotatable bonds is 7. The van der Waals surface area contributed by atoms with Crippen molar-refractivity contribution in [3.8, 4) is 0 Å². The summed E-state index contributed by atoms with van der Waals surface area (Å²) in [4.78, 5) is 12.3. The third kappa shape index (κ3) is 7.67. The number of morpholine rings is 1. The maximum Gasteiger partial charge on any atom is 0.224 e. The number of aromatic nitrogens is 2. The number of aryl methyl sites for hydroxylation is 1. The minimum Gasteiger partial charge on any atom is -0.378 e. The van der Waals surface area contributed by atoms with E-state index in [-0.39, 0.29) is 0 Å². The Kier molecular flexibility index (Phi) is 10.1. The van der Waals surface area contributed by atoms with Gasteiger partial charge in [-0.2, -0.15) is 4.98 Å². The number of halogens is 1. The fourth-order valence-electron chi connectivity index (χ4n) is 2.94. The van der Waals surface area contributed by atoms with Gasteiger partial charge in [0.15, 0.2) is 5.82 Å². The first-order valence-corrected chi connectivity index (χ1v) is 12.0. The Morgan fingerprint density at radius 3 is 2.41 bits per heavy atom. The first kappa shape index (κ1) is 24.3. The third-order valence-electron chi connectivity index (χ3n) is 5.19. The van der Waals surface area contributed by atoms with E-state index < -0.39 is 0 Å². The summed E-state index contributed by atoms with van der Waals surface area (Å²) in [6.07, 6.45) is 1.02. The molecule has 164 valence electrons. The fraction of sp³-hybridized carbons (Fsp3) is 0.727. The van der Waals surface area contributed by atoms with Crippen LogP contribution in [0.1, 0.15) is 46.4 Å². The van der Waals surface area contributed by atoms with Crippen LogP contribution in [0.2, 0.25) is 5.28 Å². The van der Waals surface area contributed by atoms with Crippen molar-refractivity contribution < 1.29 is 4.74 Å². The number of ether oxygens (including phenoxy) is 1. The van der Waals surface area contributed by atoms with Gasteiger partial charge >= 0.3 is 0 Å². The van der Waals surface area contributed by atoms with E-state index in [2.05, 4.69) is 67.8 Å². The molecule has 0 amide bonds. The van der Waals surface area contributed by atoms with Crippen LogP contribution in [-0.2, 0) is 11.2 Å². The topological polar surface area (TPSA) is 50.3 Å². The van der Waals surface area contributed by atoms with Crippen LogP contribution in [0.3, 0.4) is 0 Å². The van der Waals surface area contributed by atoms with E-state index in [0.29, 0.717) is 5.28 Å². The molecule has 0 radical (unpaired) electrons. The second-order valence-electron chi connectivity index (χ2n) is 8.47. The second kappa shape index (κ2) is 12.0. The maximum absolute atomic E-state index is 6.02. The zero-order valence-corrected chi connectivity index (χ0v) is 20.4. The van der Waals surface area contributed by atoms with Gasteiger partial charge in [0.1, 0.15) is 0 Å². The van der Waals surface area contributed by atoms with Crippen LogP contribution in [0.25, 0.3) is 10.2 Å². The molecule has 1 unspecified atom stereocenters. The summed E-state index contributed by atoms with van der Waals surface area (Å²) >= 11 is 7.78. The molecule has 0 aliphatic carbocycles. The van der Waals surface area contributed by atoms with Gasteiger partial charge < -0.3 is 15.0 Å². The van der Waals surface area contributed by atoms with Gasteiger partial charge in [0.25, 0.3) is 0 Å². The molecule has 0 spiro atoms. The van der Waals surface area contributed by atoms with Crippen molar-refractivity contribution in [3.05, 3.63) is 16.2 Å². The van der Waals surface area contributed by atoms with E-state index in [1.54, 1.807) is 11.3 Å². The highest BCUT2D eigenvalue weighted by Gasteiger charge is 2.18. The summed E-state index contributed by atoms with van der Waals surface area (Å²) in [6.45, 7) is 19.0. The standard InChI is InChI=1S/C12H14ClN3OS.C10H23N/c1-2-8-7-9-10(18-8)11(15-12(13)14-9)16-3-5-17-6-4-16;1-8(2)6-11-7-10(5)9(3)4/h7H,2-6H2,1H3;8-11H,6-7H2,1-5H3. The summed E-state index contributed by atoms with van der Waals surface area (Å²) in [5, 5.41) is 3.79. The maximum atomic E-state index is 6.02. The van der Waals surface area contributed by atoms with Gasteiger partial charge in [-0.1, -0.05) is 41.5 Å². The van der Waals surface area contributed by atoms with Crippen LogP contribution in [0, 0.1) is 17.8 Å². The molecule has 1 aliphatic heterocycles. The zero-order valence-electron chi connectivity index (χ0n) is 18.8. The summed E-state index contributed by atoms with van der Waals surface area (Å²) in [6, 6.07) is 2.11. The SMILES string of the molecule is CC(C)CNCC(C)C(C)C.CCc1cc2nc(Cl)nc(N3CCOCC3)c2s1. The monoisotopic (exact) mass is 440 g/mol. The lowest BCUT2D eigenvalue weighted by Gasteiger charge is -2.28. The van der Waals surface area contributed by atoms with Gasteiger partial charge in [0.05, 0.1) is 23.4 Å². The van der Waals surface area contributed by atoms with Crippen LogP contribution < -0.4 is 10.2 Å². The van der Waals surface area contributed by atoms with Gasteiger partial charge in [-0.15, -0.1) is 11.3 Å². The van der Waals surface area contributed by atoms with Crippen LogP contribution in [0.5, 0.6) is 0 Å². The number of anilines is 1. The highest BCUT2D eigenvalue weighted by molar-refractivity contribution is 7.19. The van der Waals surface area contributed by atoms with Crippen molar-refractivity contribution in [1.29, 1.82) is 0 Å². The Balaban J connectivity index is 0.000000237. The molecule has 3 heterocycles. The summed E-state index contributed by atoms with van der Waals surface area (Å²) < 4.78 is 6.51. The minimum atomic E-state index is 0.324. The van der Waals surface area contributed by atoms with E-state index in [0.717, 1.165) is 79.6 Å². The van der Waals surface area contributed by atoms with E-state index in [1.165, 1.54) is 4.88 Å². The van der Waals surface area contributed by atoms with E-state index in [1.807, 2.05) is 0 Å². The molecule has 0 bridgehead atoms. The smallest absolute Gasteiger partial charge is 0.224 e. The molecule has 1 N–H and O–H groups in total. The van der Waals surface area contributed by atoms with Crippen molar-refractivity contribution in [2.45, 2.75) is 48.0 Å². The molecule has 0 aromatic carbocycles. The van der Waals surface area contributed by atoms with Crippen molar-refractivity contribution in [2.75, 3.05) is 44.3 Å². The molecule has 0 saturated carbocycles. The number of fused-ring (bicyclic) bond motifs is 1. The lowest BCUT2D eigenvalue weighted by Crippen LogP contribution is -2.36. The van der Waals surface area contributed by atoms with Gasteiger partial charge in [0.2, 0.25) is 5.28 Å². The van der Waals surface area contributed by atoms with Gasteiger partial charge in [-0.25, -0.2) is 4.98 Å². The first-order chi connectivity index (χ1) is 13.8. The minimum absolute atomic E-state index is 0.324. The molecule has 1 saturated heterocycles. The molecular formula is C22H37ClN4OS. The Morgan fingerprint density at radius 1 is 1.14 bits per heavy atom. The van der Waals surface area contributed by atoms with Gasteiger partial charge in [-0.05, 0) is 54.9 Å². The van der Waals surface area contributed by atoms with Crippen molar-refractivity contribution >= 4 is 39.0 Å². The quantitative estimate of drug-likeness (QED) is 0.594. The lowest BCUT2D eigenvalue weighted by molar-refractivity contribution is 0.122. The summed E-state index contributed by atoms with van der Waals surface area (Å²) in [5.41, 5.74) is 0.957. The van der Waals surface area contributed by atoms with Crippen molar-refractivity contribution in [1.82, 2.24) is 15.3 Å². The zero-order chi connectivity index (χ0) is 21.4. The highest BCUT2D eigenvalue weighted by Crippen LogP contribution is 2.33. The van der Waals surface area contributed by atoms with Crippen LogP contribution in [0.15, 0.2) is 6.07 Å². The number of hydrogen-bond donors (Lipinski definition) is 1. The molecule has 2 aromatic rings. The number of nitrogens with one attached hydrogen (secondary N) is 1. The van der Waals surface area contributed by atoms with Crippen LogP contribution in [-0.4, -0.2) is 49.4 Å².